The van der Waals surface area contributed by atoms with E-state index in [0.29, 0.717) is 13.0 Å². The van der Waals surface area contributed by atoms with Crippen molar-refractivity contribution in [2.75, 3.05) is 6.54 Å². The standard InChI is InChI=1S/C12H16N2O3/c15-10-6-11(14(8-10)12(16)17)13-7-9-4-2-1-3-5-9/h1-5,10-11,13,15H,6-8H2,(H,16,17). The number of amides is 1. The third kappa shape index (κ3) is 2.95. The molecule has 3 N–H and O–H groups in total. The Morgan fingerprint density at radius 2 is 2.12 bits per heavy atom. The zero-order valence-electron chi connectivity index (χ0n) is 9.41. The zero-order valence-corrected chi connectivity index (χ0v) is 9.41. The highest BCUT2D eigenvalue weighted by atomic mass is 16.4. The summed E-state index contributed by atoms with van der Waals surface area (Å²) in [6, 6.07) is 9.77. The molecule has 0 radical (unpaired) electrons. The highest BCUT2D eigenvalue weighted by molar-refractivity contribution is 5.65. The van der Waals surface area contributed by atoms with Crippen molar-refractivity contribution in [3.8, 4) is 0 Å². The lowest BCUT2D eigenvalue weighted by Gasteiger charge is -2.22. The van der Waals surface area contributed by atoms with Crippen molar-refractivity contribution in [1.29, 1.82) is 0 Å². The Hall–Kier alpha value is -1.59. The monoisotopic (exact) mass is 236 g/mol. The van der Waals surface area contributed by atoms with Crippen molar-refractivity contribution < 1.29 is 15.0 Å². The van der Waals surface area contributed by atoms with E-state index < -0.39 is 12.2 Å². The maximum atomic E-state index is 10.9. The number of carboxylic acid groups (broad SMARTS) is 1. The lowest BCUT2D eigenvalue weighted by molar-refractivity contribution is 0.126. The molecular weight excluding hydrogens is 220 g/mol. The number of aliphatic hydroxyl groups is 1. The van der Waals surface area contributed by atoms with Crippen molar-refractivity contribution in [3.63, 3.8) is 0 Å². The van der Waals surface area contributed by atoms with Crippen LogP contribution in [0.1, 0.15) is 12.0 Å². The van der Waals surface area contributed by atoms with Gasteiger partial charge in [0.15, 0.2) is 0 Å². The first kappa shape index (κ1) is 11.9. The van der Waals surface area contributed by atoms with Gasteiger partial charge in [-0.25, -0.2) is 4.79 Å². The number of β-amino-alcohol motifs (C(OH)–C–C–N with tert-alkyl or cyclic N) is 1. The van der Waals surface area contributed by atoms with E-state index in [0.717, 1.165) is 5.56 Å². The molecule has 2 unspecified atom stereocenters. The van der Waals surface area contributed by atoms with Crippen molar-refractivity contribution in [1.82, 2.24) is 10.2 Å². The zero-order chi connectivity index (χ0) is 12.3. The van der Waals surface area contributed by atoms with Gasteiger partial charge in [-0.3, -0.25) is 10.2 Å². The first-order chi connectivity index (χ1) is 8.16. The summed E-state index contributed by atoms with van der Waals surface area (Å²) >= 11 is 0. The van der Waals surface area contributed by atoms with Crippen LogP contribution >= 0.6 is 0 Å². The molecule has 5 heteroatoms. The highest BCUT2D eigenvalue weighted by Crippen LogP contribution is 2.16. The molecule has 0 aromatic heterocycles. The largest absolute Gasteiger partial charge is 0.465 e. The number of nitrogens with zero attached hydrogens (tertiary/aromatic N) is 1. The van der Waals surface area contributed by atoms with E-state index in [1.165, 1.54) is 4.90 Å². The quantitative estimate of drug-likeness (QED) is 0.727. The Labute approximate surface area is 99.7 Å². The normalized spacial score (nSPS) is 23.9. The van der Waals surface area contributed by atoms with Crippen LogP contribution in [0.4, 0.5) is 4.79 Å². The van der Waals surface area contributed by atoms with Gasteiger partial charge in [0.25, 0.3) is 0 Å². The average Bonchev–Trinajstić information content (AvgIpc) is 2.69. The smallest absolute Gasteiger partial charge is 0.408 e. The summed E-state index contributed by atoms with van der Waals surface area (Å²) in [5, 5.41) is 21.6. The summed E-state index contributed by atoms with van der Waals surface area (Å²) in [5.74, 6) is 0. The summed E-state index contributed by atoms with van der Waals surface area (Å²) in [7, 11) is 0. The molecule has 1 heterocycles. The Morgan fingerprint density at radius 3 is 2.76 bits per heavy atom. The van der Waals surface area contributed by atoms with Crippen LogP contribution in [-0.4, -0.2) is 40.0 Å². The molecule has 0 bridgehead atoms. The molecule has 92 valence electrons. The van der Waals surface area contributed by atoms with Crippen molar-refractivity contribution in [3.05, 3.63) is 35.9 Å². The molecule has 2 rings (SSSR count). The van der Waals surface area contributed by atoms with E-state index in [1.54, 1.807) is 0 Å². The SMILES string of the molecule is O=C(O)N1CC(O)CC1NCc1ccccc1. The molecule has 0 aliphatic carbocycles. The fraction of sp³-hybridized carbons (Fsp3) is 0.417. The number of rotatable bonds is 3. The minimum atomic E-state index is -0.993. The predicted octanol–water partition coefficient (Wildman–Crippen LogP) is 0.847. The Balaban J connectivity index is 1.92. The molecule has 0 spiro atoms. The van der Waals surface area contributed by atoms with Gasteiger partial charge >= 0.3 is 6.09 Å². The van der Waals surface area contributed by atoms with Crippen LogP contribution in [0.25, 0.3) is 0 Å². The van der Waals surface area contributed by atoms with Gasteiger partial charge in [0.1, 0.15) is 0 Å². The van der Waals surface area contributed by atoms with Gasteiger partial charge in [-0.1, -0.05) is 30.3 Å². The number of aliphatic hydroxyl groups excluding tert-OH is 1. The minimum absolute atomic E-state index is 0.182. The second kappa shape index (κ2) is 5.16. The molecule has 2 atom stereocenters. The second-order valence-electron chi connectivity index (χ2n) is 4.21. The van der Waals surface area contributed by atoms with Crippen LogP contribution in [0.3, 0.4) is 0 Å². The van der Waals surface area contributed by atoms with Crippen molar-refractivity contribution in [2.24, 2.45) is 0 Å². The van der Waals surface area contributed by atoms with Crippen LogP contribution in [-0.2, 0) is 6.54 Å². The van der Waals surface area contributed by atoms with E-state index in [9.17, 15) is 9.90 Å². The second-order valence-corrected chi connectivity index (χ2v) is 4.21. The molecule has 5 nitrogen and oxygen atoms in total. The summed E-state index contributed by atoms with van der Waals surface area (Å²) in [4.78, 5) is 12.2. The molecule has 1 amide bonds. The van der Waals surface area contributed by atoms with Crippen LogP contribution in [0, 0.1) is 0 Å². The maximum absolute atomic E-state index is 10.9. The molecular formula is C12H16N2O3. The molecule has 1 aromatic rings. The van der Waals surface area contributed by atoms with Gasteiger partial charge in [-0.2, -0.15) is 0 Å². The lowest BCUT2D eigenvalue weighted by Crippen LogP contribution is -2.43. The summed E-state index contributed by atoms with van der Waals surface area (Å²) < 4.78 is 0. The van der Waals surface area contributed by atoms with Crippen LogP contribution < -0.4 is 5.32 Å². The number of nitrogens with one attached hydrogen (secondary N) is 1. The summed E-state index contributed by atoms with van der Waals surface area (Å²) in [6.07, 6.45) is -1.42. The molecule has 1 aromatic carbocycles. The highest BCUT2D eigenvalue weighted by Gasteiger charge is 2.33. The Bertz CT molecular complexity index is 383. The van der Waals surface area contributed by atoms with E-state index in [4.69, 9.17) is 5.11 Å². The topological polar surface area (TPSA) is 72.8 Å². The number of benzene rings is 1. The Morgan fingerprint density at radius 1 is 1.41 bits per heavy atom. The maximum Gasteiger partial charge on any atom is 0.408 e. The van der Waals surface area contributed by atoms with Gasteiger partial charge in [0.05, 0.1) is 18.8 Å². The van der Waals surface area contributed by atoms with Crippen LogP contribution in [0.15, 0.2) is 30.3 Å². The fourth-order valence-electron chi connectivity index (χ4n) is 2.05. The van der Waals surface area contributed by atoms with E-state index >= 15 is 0 Å². The van der Waals surface area contributed by atoms with Gasteiger partial charge in [0, 0.05) is 13.0 Å². The van der Waals surface area contributed by atoms with Gasteiger partial charge < -0.3 is 10.2 Å². The molecule has 0 saturated carbocycles. The predicted molar refractivity (Wildman–Crippen MR) is 62.4 cm³/mol. The average molecular weight is 236 g/mol. The molecule has 1 aliphatic rings. The summed E-state index contributed by atoms with van der Waals surface area (Å²) in [5.41, 5.74) is 1.10. The molecule has 1 fully saturated rings. The number of likely N-dealkylation sites (tertiary alicyclic amines) is 1. The Kier molecular flexibility index (Phi) is 3.61. The van der Waals surface area contributed by atoms with E-state index in [-0.39, 0.29) is 12.7 Å². The first-order valence-electron chi connectivity index (χ1n) is 5.62. The minimum Gasteiger partial charge on any atom is -0.465 e. The molecule has 17 heavy (non-hydrogen) atoms. The first-order valence-corrected chi connectivity index (χ1v) is 5.62. The van der Waals surface area contributed by atoms with Gasteiger partial charge in [-0.05, 0) is 5.56 Å². The van der Waals surface area contributed by atoms with Crippen LogP contribution in [0.2, 0.25) is 0 Å². The summed E-state index contributed by atoms with van der Waals surface area (Å²) in [6.45, 7) is 0.782. The van der Waals surface area contributed by atoms with Crippen molar-refractivity contribution >= 4 is 6.09 Å². The van der Waals surface area contributed by atoms with Crippen LogP contribution in [0.5, 0.6) is 0 Å². The van der Waals surface area contributed by atoms with E-state index in [1.807, 2.05) is 30.3 Å². The van der Waals surface area contributed by atoms with Crippen molar-refractivity contribution in [2.45, 2.75) is 25.2 Å². The van der Waals surface area contributed by atoms with E-state index in [2.05, 4.69) is 5.32 Å². The number of hydrogen-bond acceptors (Lipinski definition) is 3. The number of hydrogen-bond donors (Lipinski definition) is 3. The third-order valence-electron chi connectivity index (χ3n) is 2.91. The molecule has 1 aliphatic heterocycles. The fourth-order valence-corrected chi connectivity index (χ4v) is 2.05. The lowest BCUT2D eigenvalue weighted by atomic mass is 10.2. The van der Waals surface area contributed by atoms with Gasteiger partial charge in [-0.15, -0.1) is 0 Å². The number of carbonyl (C=O) groups is 1. The third-order valence-corrected chi connectivity index (χ3v) is 2.91. The molecule has 1 saturated heterocycles. The van der Waals surface area contributed by atoms with Gasteiger partial charge in [0.2, 0.25) is 0 Å².